The summed E-state index contributed by atoms with van der Waals surface area (Å²) >= 11 is 0. The molecule has 1 heterocycles. The molecule has 0 aliphatic carbocycles. The molecule has 0 aromatic heterocycles. The number of rotatable bonds is 4. The van der Waals surface area contributed by atoms with Gasteiger partial charge in [-0.15, -0.1) is 0 Å². The first-order valence-electron chi connectivity index (χ1n) is 6.51. The lowest BCUT2D eigenvalue weighted by Gasteiger charge is -2.34. The molecule has 7 heteroatoms. The topological polar surface area (TPSA) is 86.7 Å². The second-order valence-electron chi connectivity index (χ2n) is 4.76. The maximum Gasteiger partial charge on any atom is 0.305 e. The summed E-state index contributed by atoms with van der Waals surface area (Å²) in [5.74, 6) is -2.62. The van der Waals surface area contributed by atoms with Crippen molar-refractivity contribution in [1.29, 1.82) is 0 Å². The molecule has 1 aromatic rings. The molecule has 0 radical (unpaired) electrons. The van der Waals surface area contributed by atoms with E-state index in [9.17, 15) is 18.8 Å². The highest BCUT2D eigenvalue weighted by Crippen LogP contribution is 2.14. The fourth-order valence-electron chi connectivity index (χ4n) is 2.29. The van der Waals surface area contributed by atoms with E-state index in [2.05, 4.69) is 5.32 Å². The van der Waals surface area contributed by atoms with Crippen LogP contribution in [-0.4, -0.2) is 46.9 Å². The van der Waals surface area contributed by atoms with Crippen LogP contribution in [0.3, 0.4) is 0 Å². The molecular weight excluding hydrogens is 279 g/mol. The van der Waals surface area contributed by atoms with Gasteiger partial charge in [0.25, 0.3) is 0 Å². The van der Waals surface area contributed by atoms with Crippen molar-refractivity contribution in [2.75, 3.05) is 13.1 Å². The lowest BCUT2D eigenvalue weighted by molar-refractivity contribution is -0.148. The molecule has 1 aliphatic heterocycles. The van der Waals surface area contributed by atoms with Crippen molar-refractivity contribution < 1.29 is 23.9 Å². The molecule has 21 heavy (non-hydrogen) atoms. The Kier molecular flexibility index (Phi) is 4.52. The van der Waals surface area contributed by atoms with Crippen LogP contribution in [-0.2, 0) is 20.8 Å². The standard InChI is InChI=1S/C14H15FN2O4/c15-10-4-2-1-3-9(10)7-12(18)17-6-5-16-14(21)11(17)8-13(19)20/h1-4,11H,5-8H2,(H,16,21)(H,19,20). The summed E-state index contributed by atoms with van der Waals surface area (Å²) in [4.78, 5) is 36.0. The van der Waals surface area contributed by atoms with Crippen molar-refractivity contribution in [2.24, 2.45) is 0 Å². The zero-order valence-corrected chi connectivity index (χ0v) is 11.2. The average Bonchev–Trinajstić information content (AvgIpc) is 2.43. The molecule has 0 bridgehead atoms. The molecule has 2 rings (SSSR count). The number of nitrogens with one attached hydrogen (secondary N) is 1. The first-order valence-corrected chi connectivity index (χ1v) is 6.51. The normalized spacial score (nSPS) is 18.2. The highest BCUT2D eigenvalue weighted by atomic mass is 19.1. The van der Waals surface area contributed by atoms with Crippen molar-refractivity contribution in [3.8, 4) is 0 Å². The summed E-state index contributed by atoms with van der Waals surface area (Å²) in [6.07, 6.45) is -0.662. The van der Waals surface area contributed by atoms with Crippen LogP contribution in [0.5, 0.6) is 0 Å². The van der Waals surface area contributed by atoms with Crippen molar-refractivity contribution in [3.05, 3.63) is 35.6 Å². The smallest absolute Gasteiger partial charge is 0.305 e. The van der Waals surface area contributed by atoms with Gasteiger partial charge in [-0.3, -0.25) is 14.4 Å². The van der Waals surface area contributed by atoms with E-state index in [0.717, 1.165) is 0 Å². The van der Waals surface area contributed by atoms with Gasteiger partial charge >= 0.3 is 5.97 Å². The Morgan fingerprint density at radius 3 is 2.76 bits per heavy atom. The number of carbonyl (C=O) groups excluding carboxylic acids is 2. The van der Waals surface area contributed by atoms with Gasteiger partial charge in [0.2, 0.25) is 11.8 Å². The largest absolute Gasteiger partial charge is 0.481 e. The van der Waals surface area contributed by atoms with E-state index >= 15 is 0 Å². The Balaban J connectivity index is 2.14. The summed E-state index contributed by atoms with van der Waals surface area (Å²) in [6, 6.07) is 4.83. The lowest BCUT2D eigenvalue weighted by Crippen LogP contribution is -2.58. The van der Waals surface area contributed by atoms with Crippen LogP contribution in [0.2, 0.25) is 0 Å². The predicted molar refractivity (Wildman–Crippen MR) is 70.9 cm³/mol. The third-order valence-corrected chi connectivity index (χ3v) is 3.32. The summed E-state index contributed by atoms with van der Waals surface area (Å²) < 4.78 is 13.6. The van der Waals surface area contributed by atoms with E-state index in [1.165, 1.54) is 23.1 Å². The Morgan fingerprint density at radius 1 is 1.38 bits per heavy atom. The van der Waals surface area contributed by atoms with Gasteiger partial charge < -0.3 is 15.3 Å². The first kappa shape index (κ1) is 15.0. The molecular formula is C14H15FN2O4. The predicted octanol–water partition coefficient (Wildman–Crippen LogP) is 0.170. The van der Waals surface area contributed by atoms with Crippen LogP contribution in [0.15, 0.2) is 24.3 Å². The minimum atomic E-state index is -1.17. The molecule has 1 saturated heterocycles. The van der Waals surface area contributed by atoms with Crippen LogP contribution in [0.1, 0.15) is 12.0 Å². The van der Waals surface area contributed by atoms with Crippen LogP contribution < -0.4 is 5.32 Å². The monoisotopic (exact) mass is 294 g/mol. The zero-order chi connectivity index (χ0) is 15.4. The Morgan fingerprint density at radius 2 is 2.10 bits per heavy atom. The maximum atomic E-state index is 13.6. The van der Waals surface area contributed by atoms with E-state index in [1.54, 1.807) is 6.07 Å². The van der Waals surface area contributed by atoms with Gasteiger partial charge in [0.15, 0.2) is 0 Å². The second kappa shape index (κ2) is 6.34. The van der Waals surface area contributed by atoms with Gasteiger partial charge in [-0.2, -0.15) is 0 Å². The maximum absolute atomic E-state index is 13.6. The summed E-state index contributed by atoms with van der Waals surface area (Å²) in [6.45, 7) is 0.481. The molecule has 2 N–H and O–H groups in total. The van der Waals surface area contributed by atoms with Crippen molar-refractivity contribution in [2.45, 2.75) is 18.9 Å². The molecule has 1 atom stereocenters. The molecule has 2 amide bonds. The molecule has 1 aliphatic rings. The van der Waals surface area contributed by atoms with Crippen LogP contribution in [0.4, 0.5) is 4.39 Å². The average molecular weight is 294 g/mol. The number of hydrogen-bond donors (Lipinski definition) is 2. The minimum absolute atomic E-state index is 0.198. The number of carboxylic acid groups (broad SMARTS) is 1. The van der Waals surface area contributed by atoms with Crippen molar-refractivity contribution in [1.82, 2.24) is 10.2 Å². The number of amides is 2. The molecule has 112 valence electrons. The van der Waals surface area contributed by atoms with Gasteiger partial charge in [-0.05, 0) is 11.6 Å². The van der Waals surface area contributed by atoms with Gasteiger partial charge in [0.1, 0.15) is 11.9 Å². The van der Waals surface area contributed by atoms with E-state index in [4.69, 9.17) is 5.11 Å². The van der Waals surface area contributed by atoms with Gasteiger partial charge in [-0.25, -0.2) is 4.39 Å². The van der Waals surface area contributed by atoms with E-state index in [-0.39, 0.29) is 25.1 Å². The highest BCUT2D eigenvalue weighted by Gasteiger charge is 2.34. The molecule has 1 unspecified atom stereocenters. The fourth-order valence-corrected chi connectivity index (χ4v) is 2.29. The van der Waals surface area contributed by atoms with Gasteiger partial charge in [-0.1, -0.05) is 18.2 Å². The Hall–Kier alpha value is -2.44. The second-order valence-corrected chi connectivity index (χ2v) is 4.76. The van der Waals surface area contributed by atoms with E-state index in [1.807, 2.05) is 0 Å². The number of halogens is 1. The molecule has 0 saturated carbocycles. The number of carbonyl (C=O) groups is 3. The van der Waals surface area contributed by atoms with Crippen LogP contribution in [0.25, 0.3) is 0 Å². The number of nitrogens with zero attached hydrogens (tertiary/aromatic N) is 1. The van der Waals surface area contributed by atoms with Crippen LogP contribution >= 0.6 is 0 Å². The first-order chi connectivity index (χ1) is 9.99. The third-order valence-electron chi connectivity index (χ3n) is 3.32. The quantitative estimate of drug-likeness (QED) is 0.829. The third kappa shape index (κ3) is 3.56. The molecule has 1 aromatic carbocycles. The Bertz CT molecular complexity index is 576. The SMILES string of the molecule is O=C(O)CC1C(=O)NCCN1C(=O)Cc1ccccc1F. The van der Waals surface area contributed by atoms with E-state index in [0.29, 0.717) is 0 Å². The van der Waals surface area contributed by atoms with Crippen molar-refractivity contribution in [3.63, 3.8) is 0 Å². The fraction of sp³-hybridized carbons (Fsp3) is 0.357. The summed E-state index contributed by atoms with van der Waals surface area (Å²) in [5.41, 5.74) is 0.225. The highest BCUT2D eigenvalue weighted by molar-refractivity contribution is 5.92. The molecule has 6 nitrogen and oxygen atoms in total. The van der Waals surface area contributed by atoms with Gasteiger partial charge in [0.05, 0.1) is 12.8 Å². The Labute approximate surface area is 120 Å². The molecule has 0 spiro atoms. The zero-order valence-electron chi connectivity index (χ0n) is 11.2. The summed E-state index contributed by atoms with van der Waals surface area (Å²) in [7, 11) is 0. The number of benzene rings is 1. The van der Waals surface area contributed by atoms with Crippen molar-refractivity contribution >= 4 is 17.8 Å². The molecule has 1 fully saturated rings. The minimum Gasteiger partial charge on any atom is -0.481 e. The number of aliphatic carboxylic acids is 1. The number of hydrogen-bond acceptors (Lipinski definition) is 3. The summed E-state index contributed by atoms with van der Waals surface area (Å²) in [5, 5.41) is 11.4. The number of carboxylic acids is 1. The van der Waals surface area contributed by atoms with E-state index < -0.39 is 36.1 Å². The van der Waals surface area contributed by atoms with Gasteiger partial charge in [0, 0.05) is 13.1 Å². The number of piperazine rings is 1. The lowest BCUT2D eigenvalue weighted by atomic mass is 10.1. The van der Waals surface area contributed by atoms with Crippen LogP contribution in [0, 0.1) is 5.82 Å².